The number of rotatable bonds is 6. The van der Waals surface area contributed by atoms with Crippen molar-refractivity contribution in [2.45, 2.75) is 39.7 Å². The number of amides is 1. The third-order valence-electron chi connectivity index (χ3n) is 4.01. The number of hydrogen-bond donors (Lipinski definition) is 1. The zero-order valence-electron chi connectivity index (χ0n) is 13.3. The molecule has 2 aromatic heterocycles. The number of likely N-dealkylation sites (N-methyl/N-ethyl adjacent to an activating group) is 1. The average molecular weight is 288 g/mol. The molecule has 5 heteroatoms. The van der Waals surface area contributed by atoms with Gasteiger partial charge in [-0.3, -0.25) is 9.89 Å². The first-order chi connectivity index (χ1) is 10.0. The Morgan fingerprint density at radius 1 is 1.38 bits per heavy atom. The molecule has 1 atom stereocenters. The smallest absolute Gasteiger partial charge is 0.245 e. The highest BCUT2D eigenvalue weighted by atomic mass is 16.2. The van der Waals surface area contributed by atoms with Crippen molar-refractivity contribution in [1.82, 2.24) is 19.7 Å². The third kappa shape index (κ3) is 3.54. The van der Waals surface area contributed by atoms with E-state index < -0.39 is 0 Å². The lowest BCUT2D eigenvalue weighted by Crippen LogP contribution is -2.33. The molecular formula is C16H24N4O. The molecule has 1 N–H and O–H groups in total. The molecule has 2 rings (SSSR count). The normalized spacial score (nSPS) is 12.4. The van der Waals surface area contributed by atoms with Gasteiger partial charge in [0.05, 0.1) is 5.69 Å². The van der Waals surface area contributed by atoms with Crippen LogP contribution in [0.25, 0.3) is 0 Å². The number of aromatic amines is 1. The Balaban J connectivity index is 1.84. The fraction of sp³-hybridized carbons (Fsp3) is 0.500. The summed E-state index contributed by atoms with van der Waals surface area (Å²) in [5.74, 6) is 0.145. The molecule has 0 aliphatic heterocycles. The van der Waals surface area contributed by atoms with Gasteiger partial charge in [-0.05, 0) is 51.3 Å². The lowest BCUT2D eigenvalue weighted by atomic mass is 10.1. The Morgan fingerprint density at radius 3 is 2.62 bits per heavy atom. The molecule has 2 aromatic rings. The quantitative estimate of drug-likeness (QED) is 0.888. The highest BCUT2D eigenvalue weighted by molar-refractivity contribution is 5.79. The number of aryl methyl sites for hydroxylation is 2. The number of nitrogens with zero attached hydrogens (tertiary/aromatic N) is 3. The summed E-state index contributed by atoms with van der Waals surface area (Å²) >= 11 is 0. The number of aromatic nitrogens is 3. The molecular weight excluding hydrogens is 264 g/mol. The van der Waals surface area contributed by atoms with E-state index in [1.807, 2.05) is 61.8 Å². The van der Waals surface area contributed by atoms with Gasteiger partial charge in [0.1, 0.15) is 6.04 Å². The highest BCUT2D eigenvalue weighted by Crippen LogP contribution is 2.13. The van der Waals surface area contributed by atoms with E-state index in [0.717, 1.165) is 30.8 Å². The van der Waals surface area contributed by atoms with Crippen molar-refractivity contribution in [3.8, 4) is 0 Å². The van der Waals surface area contributed by atoms with Crippen molar-refractivity contribution >= 4 is 5.91 Å². The number of H-pyrrole nitrogens is 1. The molecule has 0 fully saturated rings. The first-order valence-electron chi connectivity index (χ1n) is 7.38. The van der Waals surface area contributed by atoms with Crippen molar-refractivity contribution in [2.75, 3.05) is 13.6 Å². The van der Waals surface area contributed by atoms with Crippen LogP contribution in [0.2, 0.25) is 0 Å². The van der Waals surface area contributed by atoms with Gasteiger partial charge in [0.15, 0.2) is 0 Å². The molecule has 0 aromatic carbocycles. The number of hydrogen-bond acceptors (Lipinski definition) is 2. The summed E-state index contributed by atoms with van der Waals surface area (Å²) in [5.41, 5.74) is 3.46. The summed E-state index contributed by atoms with van der Waals surface area (Å²) in [6.07, 6.45) is 5.74. The first-order valence-corrected chi connectivity index (χ1v) is 7.38. The largest absolute Gasteiger partial charge is 0.344 e. The summed E-state index contributed by atoms with van der Waals surface area (Å²) in [6, 6.07) is 3.73. The van der Waals surface area contributed by atoms with E-state index in [1.165, 1.54) is 5.56 Å². The molecule has 0 saturated carbocycles. The van der Waals surface area contributed by atoms with Gasteiger partial charge in [0, 0.05) is 31.7 Å². The average Bonchev–Trinajstić information content (AvgIpc) is 3.10. The molecule has 0 aliphatic rings. The summed E-state index contributed by atoms with van der Waals surface area (Å²) in [5, 5.41) is 7.20. The van der Waals surface area contributed by atoms with Crippen LogP contribution < -0.4 is 0 Å². The van der Waals surface area contributed by atoms with Gasteiger partial charge in [-0.1, -0.05) is 0 Å². The molecule has 2 heterocycles. The van der Waals surface area contributed by atoms with Crippen LogP contribution >= 0.6 is 0 Å². The molecule has 0 saturated heterocycles. The van der Waals surface area contributed by atoms with Gasteiger partial charge in [-0.15, -0.1) is 0 Å². The Hall–Kier alpha value is -2.04. The van der Waals surface area contributed by atoms with Crippen LogP contribution in [0.4, 0.5) is 0 Å². The van der Waals surface area contributed by atoms with Crippen LogP contribution in [-0.4, -0.2) is 39.2 Å². The minimum atomic E-state index is -0.151. The Labute approximate surface area is 126 Å². The van der Waals surface area contributed by atoms with Crippen LogP contribution in [0.1, 0.15) is 36.3 Å². The lowest BCUT2D eigenvalue weighted by Gasteiger charge is -2.22. The second-order valence-corrected chi connectivity index (χ2v) is 5.58. The van der Waals surface area contributed by atoms with Crippen LogP contribution in [0.3, 0.4) is 0 Å². The molecule has 1 amide bonds. The number of carbonyl (C=O) groups excluding carboxylic acids is 1. The van der Waals surface area contributed by atoms with E-state index in [2.05, 4.69) is 10.2 Å². The topological polar surface area (TPSA) is 53.9 Å². The minimum absolute atomic E-state index is 0.145. The standard InChI is InChI=1S/C16H24N4O/c1-12-15(13(2)18-17-12)8-7-9-19(4)16(21)14(3)20-10-5-6-11-20/h5-6,10-11,14H,7-9H2,1-4H3,(H,17,18). The van der Waals surface area contributed by atoms with Crippen molar-refractivity contribution in [2.24, 2.45) is 0 Å². The van der Waals surface area contributed by atoms with Crippen LogP contribution in [-0.2, 0) is 11.2 Å². The highest BCUT2D eigenvalue weighted by Gasteiger charge is 2.18. The molecule has 114 valence electrons. The van der Waals surface area contributed by atoms with Crippen molar-refractivity contribution in [3.05, 3.63) is 41.5 Å². The molecule has 1 unspecified atom stereocenters. The van der Waals surface area contributed by atoms with Crippen LogP contribution in [0, 0.1) is 13.8 Å². The predicted molar refractivity (Wildman–Crippen MR) is 83.2 cm³/mol. The maximum absolute atomic E-state index is 12.4. The zero-order chi connectivity index (χ0) is 15.4. The molecule has 21 heavy (non-hydrogen) atoms. The van der Waals surface area contributed by atoms with Gasteiger partial charge in [-0.25, -0.2) is 0 Å². The minimum Gasteiger partial charge on any atom is -0.344 e. The van der Waals surface area contributed by atoms with Gasteiger partial charge in [0.25, 0.3) is 0 Å². The predicted octanol–water partition coefficient (Wildman–Crippen LogP) is 2.48. The van der Waals surface area contributed by atoms with E-state index in [1.54, 1.807) is 0 Å². The van der Waals surface area contributed by atoms with Crippen LogP contribution in [0.15, 0.2) is 24.5 Å². The fourth-order valence-corrected chi connectivity index (χ4v) is 2.60. The van der Waals surface area contributed by atoms with Gasteiger partial charge >= 0.3 is 0 Å². The first kappa shape index (κ1) is 15.4. The van der Waals surface area contributed by atoms with Crippen molar-refractivity contribution in [1.29, 1.82) is 0 Å². The Morgan fingerprint density at radius 2 is 2.05 bits per heavy atom. The number of carbonyl (C=O) groups is 1. The summed E-state index contributed by atoms with van der Waals surface area (Å²) in [6.45, 7) is 6.75. The summed E-state index contributed by atoms with van der Waals surface area (Å²) < 4.78 is 1.93. The zero-order valence-corrected chi connectivity index (χ0v) is 13.3. The molecule has 0 bridgehead atoms. The SMILES string of the molecule is Cc1n[nH]c(C)c1CCCN(C)C(=O)C(C)n1cccc1. The molecule has 5 nitrogen and oxygen atoms in total. The Kier molecular flexibility index (Phi) is 4.83. The summed E-state index contributed by atoms with van der Waals surface area (Å²) in [4.78, 5) is 14.2. The second-order valence-electron chi connectivity index (χ2n) is 5.58. The van der Waals surface area contributed by atoms with Gasteiger partial charge < -0.3 is 9.47 Å². The van der Waals surface area contributed by atoms with Crippen molar-refractivity contribution in [3.63, 3.8) is 0 Å². The lowest BCUT2D eigenvalue weighted by molar-refractivity contribution is -0.133. The molecule has 0 radical (unpaired) electrons. The van der Waals surface area contributed by atoms with E-state index in [0.29, 0.717) is 0 Å². The second kappa shape index (κ2) is 6.61. The fourth-order valence-electron chi connectivity index (χ4n) is 2.60. The third-order valence-corrected chi connectivity index (χ3v) is 4.01. The van der Waals surface area contributed by atoms with E-state index in [-0.39, 0.29) is 11.9 Å². The molecule has 0 spiro atoms. The Bertz CT molecular complexity index is 566. The number of nitrogens with one attached hydrogen (secondary N) is 1. The molecule has 0 aliphatic carbocycles. The van der Waals surface area contributed by atoms with E-state index in [4.69, 9.17) is 0 Å². The monoisotopic (exact) mass is 288 g/mol. The van der Waals surface area contributed by atoms with Crippen LogP contribution in [0.5, 0.6) is 0 Å². The van der Waals surface area contributed by atoms with Crippen molar-refractivity contribution < 1.29 is 4.79 Å². The van der Waals surface area contributed by atoms with Gasteiger partial charge in [-0.2, -0.15) is 5.10 Å². The maximum Gasteiger partial charge on any atom is 0.245 e. The maximum atomic E-state index is 12.4. The van der Waals surface area contributed by atoms with E-state index in [9.17, 15) is 4.79 Å². The summed E-state index contributed by atoms with van der Waals surface area (Å²) in [7, 11) is 1.87. The van der Waals surface area contributed by atoms with E-state index >= 15 is 0 Å². The van der Waals surface area contributed by atoms with Gasteiger partial charge in [0.2, 0.25) is 5.91 Å².